The van der Waals surface area contributed by atoms with E-state index in [1.54, 1.807) is 30.3 Å². The number of phenols is 1. The van der Waals surface area contributed by atoms with Crippen LogP contribution in [0.5, 0.6) is 11.5 Å². The molecule has 0 aliphatic rings. The fourth-order valence-corrected chi connectivity index (χ4v) is 2.87. The topological polar surface area (TPSA) is 100 Å². The predicted molar refractivity (Wildman–Crippen MR) is 110 cm³/mol. The molecule has 0 saturated heterocycles. The van der Waals surface area contributed by atoms with E-state index in [1.807, 2.05) is 6.07 Å². The van der Waals surface area contributed by atoms with Gasteiger partial charge in [-0.2, -0.15) is 5.10 Å². The van der Waals surface area contributed by atoms with Crippen molar-refractivity contribution < 1.29 is 19.4 Å². The Bertz CT molecular complexity index is 887. The number of amides is 2. The molecule has 0 saturated carbocycles. The molecule has 2 aromatic rings. The average Bonchev–Trinajstić information content (AvgIpc) is 2.65. The second-order valence-electron chi connectivity index (χ2n) is 5.47. The number of phenolic OH excluding ortho intramolecular Hbond substituents is 1. The van der Waals surface area contributed by atoms with Crippen LogP contribution in [0.3, 0.4) is 0 Å². The van der Waals surface area contributed by atoms with Crippen LogP contribution in [0.15, 0.2) is 50.4 Å². The zero-order valence-electron chi connectivity index (χ0n) is 14.5. The van der Waals surface area contributed by atoms with Crippen molar-refractivity contribution >= 4 is 55.6 Å². The van der Waals surface area contributed by atoms with Gasteiger partial charge in [-0.05, 0) is 47.1 Å². The molecule has 7 nitrogen and oxygen atoms in total. The number of methoxy groups -OCH3 is 1. The maximum absolute atomic E-state index is 12.2. The van der Waals surface area contributed by atoms with Gasteiger partial charge in [-0.3, -0.25) is 9.59 Å². The van der Waals surface area contributed by atoms with E-state index < -0.39 is 17.7 Å². The molecule has 0 heterocycles. The van der Waals surface area contributed by atoms with Crippen LogP contribution in [-0.2, 0) is 9.59 Å². The van der Waals surface area contributed by atoms with Gasteiger partial charge in [0.1, 0.15) is 5.92 Å². The number of anilines is 1. The number of rotatable bonds is 6. The molecule has 0 fully saturated rings. The number of halogens is 2. The molecule has 1 unspecified atom stereocenters. The number of benzene rings is 2. The third kappa shape index (κ3) is 5.54. The Labute approximate surface area is 173 Å². The molecule has 0 aliphatic carbocycles. The summed E-state index contributed by atoms with van der Waals surface area (Å²) < 4.78 is 6.43. The highest BCUT2D eigenvalue weighted by molar-refractivity contribution is 9.10. The summed E-state index contributed by atoms with van der Waals surface area (Å²) in [6, 6.07) is 10.3. The second-order valence-corrected chi connectivity index (χ2v) is 7.24. The van der Waals surface area contributed by atoms with E-state index in [1.165, 1.54) is 20.2 Å². The van der Waals surface area contributed by atoms with Crippen LogP contribution >= 0.6 is 31.9 Å². The van der Waals surface area contributed by atoms with E-state index in [0.29, 0.717) is 20.2 Å². The number of nitrogens with zero attached hydrogens (tertiary/aromatic N) is 1. The molecule has 2 rings (SSSR count). The first kappa shape index (κ1) is 20.9. The molecule has 142 valence electrons. The molecule has 0 spiro atoms. The first-order valence-electron chi connectivity index (χ1n) is 7.78. The molecule has 0 radical (unpaired) electrons. The minimum atomic E-state index is -0.972. The van der Waals surface area contributed by atoms with Crippen LogP contribution in [0.1, 0.15) is 12.5 Å². The first-order valence-corrected chi connectivity index (χ1v) is 9.37. The number of hydrogen-bond acceptors (Lipinski definition) is 5. The molecule has 1 atom stereocenters. The molecule has 2 amide bonds. The Kier molecular flexibility index (Phi) is 7.37. The third-order valence-corrected chi connectivity index (χ3v) is 4.74. The van der Waals surface area contributed by atoms with Crippen LogP contribution in [0.25, 0.3) is 0 Å². The number of nitrogens with one attached hydrogen (secondary N) is 2. The van der Waals surface area contributed by atoms with E-state index in [0.717, 1.165) is 0 Å². The van der Waals surface area contributed by atoms with Crippen LogP contribution in [0.2, 0.25) is 0 Å². The SMILES string of the molecule is COc1cc(Br)cc(/C=N/NC(=O)C(C)C(=O)Nc2ccccc2Br)c1O. The highest BCUT2D eigenvalue weighted by Crippen LogP contribution is 2.32. The molecule has 0 bridgehead atoms. The summed E-state index contributed by atoms with van der Waals surface area (Å²) in [5.74, 6) is -1.88. The summed E-state index contributed by atoms with van der Waals surface area (Å²) in [5.41, 5.74) is 3.19. The highest BCUT2D eigenvalue weighted by Gasteiger charge is 2.21. The van der Waals surface area contributed by atoms with Crippen LogP contribution < -0.4 is 15.5 Å². The number of ether oxygens (including phenoxy) is 1. The Hall–Kier alpha value is -2.39. The maximum Gasteiger partial charge on any atom is 0.252 e. The molecular formula is C18H17Br2N3O4. The highest BCUT2D eigenvalue weighted by atomic mass is 79.9. The summed E-state index contributed by atoms with van der Waals surface area (Å²) in [7, 11) is 1.43. The van der Waals surface area contributed by atoms with E-state index in [-0.39, 0.29) is 11.5 Å². The van der Waals surface area contributed by atoms with Crippen molar-refractivity contribution in [3.8, 4) is 11.5 Å². The minimum Gasteiger partial charge on any atom is -0.504 e. The van der Waals surface area contributed by atoms with Gasteiger partial charge >= 0.3 is 0 Å². The van der Waals surface area contributed by atoms with E-state index >= 15 is 0 Å². The van der Waals surface area contributed by atoms with Gasteiger partial charge in [0.2, 0.25) is 5.91 Å². The Morgan fingerprint density at radius 3 is 2.59 bits per heavy atom. The summed E-state index contributed by atoms with van der Waals surface area (Å²) in [5, 5.41) is 16.5. The van der Waals surface area contributed by atoms with E-state index in [2.05, 4.69) is 47.7 Å². The monoisotopic (exact) mass is 497 g/mol. The van der Waals surface area contributed by atoms with Crippen molar-refractivity contribution in [3.63, 3.8) is 0 Å². The lowest BCUT2D eigenvalue weighted by atomic mass is 10.1. The van der Waals surface area contributed by atoms with Crippen molar-refractivity contribution in [1.29, 1.82) is 0 Å². The van der Waals surface area contributed by atoms with Crippen LogP contribution in [0, 0.1) is 5.92 Å². The van der Waals surface area contributed by atoms with Gasteiger partial charge in [0.25, 0.3) is 5.91 Å². The summed E-state index contributed by atoms with van der Waals surface area (Å²) in [6.07, 6.45) is 1.26. The molecule has 0 aromatic heterocycles. The van der Waals surface area contributed by atoms with Crippen molar-refractivity contribution in [2.24, 2.45) is 11.0 Å². The lowest BCUT2D eigenvalue weighted by Crippen LogP contribution is -2.34. The number of hydrazone groups is 1. The number of carbonyl (C=O) groups excluding carboxylic acids is 2. The smallest absolute Gasteiger partial charge is 0.252 e. The Balaban J connectivity index is 2.00. The van der Waals surface area contributed by atoms with Gasteiger partial charge in [-0.25, -0.2) is 5.43 Å². The minimum absolute atomic E-state index is 0.113. The van der Waals surface area contributed by atoms with Crippen molar-refractivity contribution in [2.45, 2.75) is 6.92 Å². The standard InChI is InChI=1S/C18H17Br2N3O4/c1-10(17(25)22-14-6-4-3-5-13(14)20)18(26)23-21-9-11-7-12(19)8-15(27-2)16(11)24/h3-10,24H,1-2H3,(H,22,25)(H,23,26)/b21-9+. The zero-order chi connectivity index (χ0) is 20.0. The molecule has 2 aromatic carbocycles. The number of para-hydroxylation sites is 1. The lowest BCUT2D eigenvalue weighted by molar-refractivity contribution is -0.131. The lowest BCUT2D eigenvalue weighted by Gasteiger charge is -2.12. The van der Waals surface area contributed by atoms with Gasteiger partial charge in [-0.1, -0.05) is 28.1 Å². The normalized spacial score (nSPS) is 11.9. The zero-order valence-corrected chi connectivity index (χ0v) is 17.7. The second kappa shape index (κ2) is 9.52. The van der Waals surface area contributed by atoms with Crippen molar-refractivity contribution in [3.05, 3.63) is 50.9 Å². The van der Waals surface area contributed by atoms with Gasteiger partial charge in [0.15, 0.2) is 11.5 Å². The molecule has 3 N–H and O–H groups in total. The van der Waals surface area contributed by atoms with Crippen LogP contribution in [-0.4, -0.2) is 30.2 Å². The average molecular weight is 499 g/mol. The third-order valence-electron chi connectivity index (χ3n) is 3.59. The predicted octanol–water partition coefficient (Wildman–Crippen LogP) is 3.65. The van der Waals surface area contributed by atoms with Gasteiger partial charge in [0.05, 0.1) is 19.0 Å². The number of carbonyl (C=O) groups is 2. The maximum atomic E-state index is 12.2. The first-order chi connectivity index (χ1) is 12.8. The number of aromatic hydroxyl groups is 1. The fourth-order valence-electron chi connectivity index (χ4n) is 2.03. The van der Waals surface area contributed by atoms with E-state index in [4.69, 9.17) is 4.74 Å². The molecular weight excluding hydrogens is 482 g/mol. The summed E-state index contributed by atoms with van der Waals surface area (Å²) in [4.78, 5) is 24.3. The largest absolute Gasteiger partial charge is 0.504 e. The van der Waals surface area contributed by atoms with E-state index in [9.17, 15) is 14.7 Å². The summed E-state index contributed by atoms with van der Waals surface area (Å²) >= 11 is 6.62. The Morgan fingerprint density at radius 1 is 1.22 bits per heavy atom. The van der Waals surface area contributed by atoms with Gasteiger partial charge in [0, 0.05) is 14.5 Å². The molecule has 9 heteroatoms. The molecule has 0 aliphatic heterocycles. The summed E-state index contributed by atoms with van der Waals surface area (Å²) in [6.45, 7) is 1.47. The van der Waals surface area contributed by atoms with Gasteiger partial charge < -0.3 is 15.2 Å². The fraction of sp³-hybridized carbons (Fsp3) is 0.167. The van der Waals surface area contributed by atoms with Gasteiger partial charge in [-0.15, -0.1) is 0 Å². The van der Waals surface area contributed by atoms with Crippen LogP contribution in [0.4, 0.5) is 5.69 Å². The Morgan fingerprint density at radius 2 is 1.93 bits per heavy atom. The van der Waals surface area contributed by atoms with Crippen molar-refractivity contribution in [2.75, 3.05) is 12.4 Å². The van der Waals surface area contributed by atoms with Crippen molar-refractivity contribution in [1.82, 2.24) is 5.43 Å². The molecule has 27 heavy (non-hydrogen) atoms. The quantitative estimate of drug-likeness (QED) is 0.321. The number of hydrogen-bond donors (Lipinski definition) is 3.